The van der Waals surface area contributed by atoms with Gasteiger partial charge in [0.05, 0.1) is 33.4 Å². The van der Waals surface area contributed by atoms with Crippen molar-refractivity contribution in [2.45, 2.75) is 25.7 Å². The van der Waals surface area contributed by atoms with Gasteiger partial charge in [-0.3, -0.25) is 0 Å². The van der Waals surface area contributed by atoms with Crippen LogP contribution in [0.1, 0.15) is 36.1 Å². The Balaban J connectivity index is 1.26. The van der Waals surface area contributed by atoms with Gasteiger partial charge in [0.25, 0.3) is 0 Å². The zero-order chi connectivity index (χ0) is 32.0. The predicted octanol–water partition coefficient (Wildman–Crippen LogP) is 11.8. The number of nitrogens with zero attached hydrogens (tertiary/aromatic N) is 2. The Hall–Kier alpha value is -5.86. The minimum absolute atomic E-state index is 0.0949. The minimum atomic E-state index is -0.0949. The summed E-state index contributed by atoms with van der Waals surface area (Å²) in [5.41, 5.74) is 15.3. The fourth-order valence-electron chi connectivity index (χ4n) is 8.66. The molecule has 1 aliphatic rings. The van der Waals surface area contributed by atoms with E-state index in [0.717, 1.165) is 6.42 Å². The Morgan fingerprint density at radius 3 is 1.46 bits per heavy atom. The van der Waals surface area contributed by atoms with E-state index < -0.39 is 0 Å². The molecule has 9 aromatic rings. The zero-order valence-corrected chi connectivity index (χ0v) is 27.1. The molecule has 0 aliphatic heterocycles. The van der Waals surface area contributed by atoms with Gasteiger partial charge in [-0.1, -0.05) is 129 Å². The van der Waals surface area contributed by atoms with Crippen LogP contribution in [-0.2, 0) is 11.8 Å². The summed E-state index contributed by atoms with van der Waals surface area (Å²) in [6.07, 6.45) is 0.965. The average molecular weight is 615 g/mol. The van der Waals surface area contributed by atoms with E-state index in [-0.39, 0.29) is 5.41 Å². The second-order valence-electron chi connectivity index (χ2n) is 13.7. The summed E-state index contributed by atoms with van der Waals surface area (Å²) in [6.45, 7) is 4.77. The van der Waals surface area contributed by atoms with Crippen LogP contribution in [0.5, 0.6) is 0 Å². The molecule has 228 valence electrons. The summed E-state index contributed by atoms with van der Waals surface area (Å²) in [6, 6.07) is 58.3. The molecule has 0 bridgehead atoms. The van der Waals surface area contributed by atoms with Gasteiger partial charge in [-0.15, -0.1) is 0 Å². The van der Waals surface area contributed by atoms with Crippen molar-refractivity contribution in [2.75, 3.05) is 0 Å². The van der Waals surface area contributed by atoms with E-state index in [2.05, 4.69) is 181 Å². The third-order valence-electron chi connectivity index (χ3n) is 10.8. The van der Waals surface area contributed by atoms with E-state index in [9.17, 15) is 0 Å². The summed E-state index contributed by atoms with van der Waals surface area (Å²) >= 11 is 0. The summed E-state index contributed by atoms with van der Waals surface area (Å²) in [5, 5.41) is 5.14. The van der Waals surface area contributed by atoms with Gasteiger partial charge in [0.2, 0.25) is 0 Å². The van der Waals surface area contributed by atoms with Crippen LogP contribution in [0.2, 0.25) is 0 Å². The smallest absolute Gasteiger partial charge is 0.0544 e. The fraction of sp³-hybridized carbons (Fsp3) is 0.0870. The van der Waals surface area contributed by atoms with Gasteiger partial charge < -0.3 is 9.13 Å². The van der Waals surface area contributed by atoms with Crippen LogP contribution in [0.3, 0.4) is 0 Å². The fourth-order valence-corrected chi connectivity index (χ4v) is 8.66. The molecule has 0 N–H and O–H groups in total. The Kier molecular flexibility index (Phi) is 5.72. The molecule has 2 heteroatoms. The van der Waals surface area contributed by atoms with E-state index in [1.165, 1.54) is 88.4 Å². The lowest BCUT2D eigenvalue weighted by atomic mass is 9.69. The van der Waals surface area contributed by atoms with E-state index in [1.807, 2.05) is 0 Å². The summed E-state index contributed by atoms with van der Waals surface area (Å²) in [5.74, 6) is 0. The van der Waals surface area contributed by atoms with E-state index in [1.54, 1.807) is 0 Å². The molecule has 0 saturated carbocycles. The molecule has 0 fully saturated rings. The van der Waals surface area contributed by atoms with Gasteiger partial charge in [-0.25, -0.2) is 0 Å². The van der Waals surface area contributed by atoms with Crippen LogP contribution in [0.25, 0.3) is 66.1 Å². The molecule has 1 aliphatic carbocycles. The minimum Gasteiger partial charge on any atom is -0.309 e. The summed E-state index contributed by atoms with van der Waals surface area (Å²) < 4.78 is 4.96. The van der Waals surface area contributed by atoms with Gasteiger partial charge in [-0.05, 0) is 71.1 Å². The molecule has 2 heterocycles. The Labute approximate surface area is 280 Å². The van der Waals surface area contributed by atoms with Crippen molar-refractivity contribution in [3.63, 3.8) is 0 Å². The van der Waals surface area contributed by atoms with Crippen LogP contribution >= 0.6 is 0 Å². The van der Waals surface area contributed by atoms with Gasteiger partial charge in [0.1, 0.15) is 0 Å². The van der Waals surface area contributed by atoms with Crippen molar-refractivity contribution >= 4 is 43.6 Å². The maximum absolute atomic E-state index is 2.51. The molecule has 48 heavy (non-hydrogen) atoms. The molecule has 0 radical (unpaired) electrons. The van der Waals surface area contributed by atoms with Crippen molar-refractivity contribution in [1.82, 2.24) is 9.13 Å². The van der Waals surface area contributed by atoms with E-state index in [4.69, 9.17) is 0 Å². The van der Waals surface area contributed by atoms with Gasteiger partial charge in [0, 0.05) is 38.1 Å². The molecular weight excluding hydrogens is 581 g/mol. The third-order valence-corrected chi connectivity index (χ3v) is 10.8. The maximum Gasteiger partial charge on any atom is 0.0544 e. The van der Waals surface area contributed by atoms with E-state index >= 15 is 0 Å². The van der Waals surface area contributed by atoms with Crippen LogP contribution in [-0.4, -0.2) is 9.13 Å². The lowest BCUT2D eigenvalue weighted by Gasteiger charge is -2.35. The van der Waals surface area contributed by atoms with Crippen LogP contribution in [0, 0.1) is 0 Å². The first-order valence-electron chi connectivity index (χ1n) is 16.9. The number of hydrogen-bond donors (Lipinski definition) is 0. The molecule has 2 nitrogen and oxygen atoms in total. The van der Waals surface area contributed by atoms with Crippen molar-refractivity contribution in [1.29, 1.82) is 0 Å². The highest BCUT2D eigenvalue weighted by Crippen LogP contribution is 2.46. The van der Waals surface area contributed by atoms with Crippen LogP contribution < -0.4 is 0 Å². The molecule has 0 spiro atoms. The standard InChI is InChI=1S/C46H34N2/c1-46(2)38-21-9-3-15-30(38)27-31-28-37-36-20-8-14-26-44(36)48(45(37)29-39(31)46)43-25-13-7-19-35(43)34-18-6-12-24-42(34)47-40-22-10-4-16-32(40)33-17-5-11-23-41(33)47/h3-26,28-29H,27H2,1-2H3. The maximum atomic E-state index is 2.51. The highest BCUT2D eigenvalue weighted by atomic mass is 15.0. The van der Waals surface area contributed by atoms with Crippen LogP contribution in [0.4, 0.5) is 0 Å². The second-order valence-corrected chi connectivity index (χ2v) is 13.7. The van der Waals surface area contributed by atoms with Gasteiger partial charge in [0.15, 0.2) is 0 Å². The number of rotatable bonds is 3. The molecule has 2 aromatic heterocycles. The number of benzene rings is 7. The SMILES string of the molecule is CC1(C)c2ccccc2Cc2cc3c4ccccc4n(-c4ccccc4-c4ccccc4-n4c5ccccc5c5ccccc54)c3cc21. The lowest BCUT2D eigenvalue weighted by Crippen LogP contribution is -2.27. The number of fused-ring (bicyclic) bond motifs is 8. The first kappa shape index (κ1) is 27.3. The normalized spacial score (nSPS) is 13.7. The average Bonchev–Trinajstić information content (AvgIpc) is 3.64. The number of aromatic nitrogens is 2. The lowest BCUT2D eigenvalue weighted by molar-refractivity contribution is 0.611. The number of hydrogen-bond acceptors (Lipinski definition) is 0. The largest absolute Gasteiger partial charge is 0.309 e. The van der Waals surface area contributed by atoms with Crippen LogP contribution in [0.15, 0.2) is 158 Å². The molecule has 0 saturated heterocycles. The molecule has 0 atom stereocenters. The molecule has 7 aromatic carbocycles. The quantitative estimate of drug-likeness (QED) is 0.187. The Bertz CT molecular complexity index is 2680. The monoisotopic (exact) mass is 614 g/mol. The molecular formula is C46H34N2. The summed E-state index contributed by atoms with van der Waals surface area (Å²) in [7, 11) is 0. The van der Waals surface area contributed by atoms with Gasteiger partial charge in [-0.2, -0.15) is 0 Å². The van der Waals surface area contributed by atoms with E-state index in [0.29, 0.717) is 0 Å². The second kappa shape index (κ2) is 10.1. The number of para-hydroxylation sites is 5. The topological polar surface area (TPSA) is 9.86 Å². The van der Waals surface area contributed by atoms with Crippen molar-refractivity contribution < 1.29 is 0 Å². The predicted molar refractivity (Wildman–Crippen MR) is 202 cm³/mol. The summed E-state index contributed by atoms with van der Waals surface area (Å²) in [4.78, 5) is 0. The Morgan fingerprint density at radius 1 is 0.396 bits per heavy atom. The van der Waals surface area contributed by atoms with Crippen molar-refractivity contribution in [3.8, 4) is 22.5 Å². The highest BCUT2D eigenvalue weighted by molar-refractivity contribution is 6.11. The van der Waals surface area contributed by atoms with Crippen molar-refractivity contribution in [3.05, 3.63) is 180 Å². The molecule has 0 amide bonds. The molecule has 10 rings (SSSR count). The molecule has 0 unspecified atom stereocenters. The zero-order valence-electron chi connectivity index (χ0n) is 27.1. The Morgan fingerprint density at radius 2 is 0.854 bits per heavy atom. The first-order chi connectivity index (χ1) is 23.6. The van der Waals surface area contributed by atoms with Gasteiger partial charge >= 0.3 is 0 Å². The first-order valence-corrected chi connectivity index (χ1v) is 16.9. The third kappa shape index (κ3) is 3.74. The van der Waals surface area contributed by atoms with Crippen molar-refractivity contribution in [2.24, 2.45) is 0 Å². The highest BCUT2D eigenvalue weighted by Gasteiger charge is 2.33.